The molecule has 0 aromatic carbocycles. The first-order valence-electron chi connectivity index (χ1n) is 6.27. The normalized spacial score (nSPS) is 29.3. The third-order valence-corrected chi connectivity index (χ3v) is 3.92. The quantitative estimate of drug-likeness (QED) is 0.777. The summed E-state index contributed by atoms with van der Waals surface area (Å²) in [6, 6.07) is 0. The summed E-state index contributed by atoms with van der Waals surface area (Å²) in [5, 5.41) is 12.7. The fourth-order valence-corrected chi connectivity index (χ4v) is 3.00. The van der Waals surface area contributed by atoms with E-state index in [9.17, 15) is 5.11 Å². The van der Waals surface area contributed by atoms with Crippen molar-refractivity contribution in [3.8, 4) is 0 Å². The molecule has 0 amide bonds. The number of hydrogen-bond donors (Lipinski definition) is 2. The molecular formula is C12H19N3O. The number of aromatic nitrogens is 2. The van der Waals surface area contributed by atoms with Crippen LogP contribution in [0.5, 0.6) is 0 Å². The second kappa shape index (κ2) is 4.18. The minimum absolute atomic E-state index is 0.258. The fraction of sp³-hybridized carbons (Fsp3) is 0.750. The summed E-state index contributed by atoms with van der Waals surface area (Å²) in [4.78, 5) is 4.59. The first-order chi connectivity index (χ1) is 7.90. The predicted molar refractivity (Wildman–Crippen MR) is 61.5 cm³/mol. The first-order valence-corrected chi connectivity index (χ1v) is 6.27. The summed E-state index contributed by atoms with van der Waals surface area (Å²) < 4.78 is 2.35. The minimum atomic E-state index is 0.258. The third kappa shape index (κ3) is 1.57. The lowest BCUT2D eigenvalue weighted by Gasteiger charge is -2.24. The van der Waals surface area contributed by atoms with Crippen molar-refractivity contribution in [2.75, 3.05) is 19.7 Å². The molecule has 0 bridgehead atoms. The summed E-state index contributed by atoms with van der Waals surface area (Å²) >= 11 is 0. The highest BCUT2D eigenvalue weighted by Crippen LogP contribution is 2.31. The monoisotopic (exact) mass is 221 g/mol. The number of hydrogen-bond acceptors (Lipinski definition) is 3. The zero-order chi connectivity index (χ0) is 11.0. The van der Waals surface area contributed by atoms with Crippen LogP contribution in [0.1, 0.15) is 42.6 Å². The molecule has 1 fully saturated rings. The van der Waals surface area contributed by atoms with Gasteiger partial charge in [0.1, 0.15) is 5.82 Å². The molecule has 3 rings (SSSR count). The average Bonchev–Trinajstić information content (AvgIpc) is 2.96. The van der Waals surface area contributed by atoms with Gasteiger partial charge in [0.2, 0.25) is 0 Å². The van der Waals surface area contributed by atoms with Gasteiger partial charge in [-0.2, -0.15) is 0 Å². The Labute approximate surface area is 95.7 Å². The topological polar surface area (TPSA) is 50.1 Å². The van der Waals surface area contributed by atoms with E-state index >= 15 is 0 Å². The number of aliphatic hydroxyl groups is 1. The zero-order valence-corrected chi connectivity index (χ0v) is 9.52. The molecule has 3 heterocycles. The van der Waals surface area contributed by atoms with Crippen LogP contribution < -0.4 is 5.32 Å². The van der Waals surface area contributed by atoms with Crippen molar-refractivity contribution < 1.29 is 5.11 Å². The summed E-state index contributed by atoms with van der Waals surface area (Å²) in [5.41, 5.74) is 1.25. The van der Waals surface area contributed by atoms with Crippen molar-refractivity contribution in [1.29, 1.82) is 0 Å². The molecule has 88 valence electrons. The Morgan fingerprint density at radius 3 is 3.19 bits per heavy atom. The number of fused-ring (bicyclic) bond motifs is 1. The molecule has 0 aliphatic carbocycles. The van der Waals surface area contributed by atoms with Gasteiger partial charge in [0.25, 0.3) is 0 Å². The highest BCUT2D eigenvalue weighted by molar-refractivity contribution is 5.17. The average molecular weight is 221 g/mol. The lowest BCUT2D eigenvalue weighted by molar-refractivity contribution is 0.240. The maximum atomic E-state index is 9.36. The maximum Gasteiger partial charge on any atom is 0.113 e. The van der Waals surface area contributed by atoms with Crippen LogP contribution in [0.15, 0.2) is 6.20 Å². The Hall–Kier alpha value is -0.870. The van der Waals surface area contributed by atoms with Crippen LogP contribution in [-0.2, 0) is 6.54 Å². The molecule has 1 aromatic heterocycles. The zero-order valence-electron chi connectivity index (χ0n) is 9.52. The van der Waals surface area contributed by atoms with E-state index in [1.54, 1.807) is 0 Å². The van der Waals surface area contributed by atoms with Crippen LogP contribution in [-0.4, -0.2) is 34.4 Å². The van der Waals surface area contributed by atoms with Crippen molar-refractivity contribution in [1.82, 2.24) is 14.9 Å². The summed E-state index contributed by atoms with van der Waals surface area (Å²) in [5.74, 6) is 2.12. The van der Waals surface area contributed by atoms with E-state index in [4.69, 9.17) is 0 Å². The molecule has 4 heteroatoms. The summed E-state index contributed by atoms with van der Waals surface area (Å²) in [6.07, 6.45) is 5.44. The Morgan fingerprint density at radius 1 is 1.50 bits per heavy atom. The molecule has 2 N–H and O–H groups in total. The molecule has 0 saturated carbocycles. The number of nitrogens with one attached hydrogen (secondary N) is 1. The van der Waals surface area contributed by atoms with E-state index in [2.05, 4.69) is 14.9 Å². The number of rotatable bonds is 2. The van der Waals surface area contributed by atoms with E-state index in [1.165, 1.54) is 24.4 Å². The van der Waals surface area contributed by atoms with Crippen LogP contribution in [0.25, 0.3) is 0 Å². The number of nitrogens with zero attached hydrogens (tertiary/aromatic N) is 2. The van der Waals surface area contributed by atoms with Crippen molar-refractivity contribution in [3.05, 3.63) is 17.7 Å². The van der Waals surface area contributed by atoms with E-state index in [-0.39, 0.29) is 6.61 Å². The molecule has 1 saturated heterocycles. The first kappa shape index (κ1) is 10.3. The lowest BCUT2D eigenvalue weighted by Crippen LogP contribution is -2.21. The van der Waals surface area contributed by atoms with E-state index < -0.39 is 0 Å². The fourth-order valence-electron chi connectivity index (χ4n) is 3.00. The molecule has 1 aromatic rings. The van der Waals surface area contributed by atoms with Crippen molar-refractivity contribution >= 4 is 0 Å². The molecule has 2 unspecified atom stereocenters. The van der Waals surface area contributed by atoms with Gasteiger partial charge in [-0.15, -0.1) is 0 Å². The molecule has 0 spiro atoms. The van der Waals surface area contributed by atoms with Crippen molar-refractivity contribution in [2.24, 2.45) is 0 Å². The van der Waals surface area contributed by atoms with Crippen LogP contribution in [0.2, 0.25) is 0 Å². The van der Waals surface area contributed by atoms with Crippen LogP contribution in [0, 0.1) is 0 Å². The Morgan fingerprint density at radius 2 is 2.44 bits per heavy atom. The van der Waals surface area contributed by atoms with Gasteiger partial charge >= 0.3 is 0 Å². The van der Waals surface area contributed by atoms with E-state index in [1.807, 2.05) is 6.20 Å². The van der Waals surface area contributed by atoms with Crippen LogP contribution in [0.4, 0.5) is 0 Å². The highest BCUT2D eigenvalue weighted by Gasteiger charge is 2.27. The predicted octanol–water partition coefficient (Wildman–Crippen LogP) is 0.830. The summed E-state index contributed by atoms with van der Waals surface area (Å²) in [7, 11) is 0. The van der Waals surface area contributed by atoms with Gasteiger partial charge < -0.3 is 15.0 Å². The third-order valence-electron chi connectivity index (χ3n) is 3.92. The molecule has 2 aliphatic rings. The molecule has 4 nitrogen and oxygen atoms in total. The highest BCUT2D eigenvalue weighted by atomic mass is 16.3. The number of imidazole rings is 1. The van der Waals surface area contributed by atoms with Gasteiger partial charge in [0.05, 0.1) is 6.61 Å². The maximum absolute atomic E-state index is 9.36. The van der Waals surface area contributed by atoms with Gasteiger partial charge in [-0.25, -0.2) is 4.98 Å². The Kier molecular flexibility index (Phi) is 2.69. The van der Waals surface area contributed by atoms with Crippen LogP contribution >= 0.6 is 0 Å². The van der Waals surface area contributed by atoms with E-state index in [0.717, 1.165) is 26.1 Å². The van der Waals surface area contributed by atoms with Gasteiger partial charge in [0.15, 0.2) is 0 Å². The number of aliphatic hydroxyl groups excluding tert-OH is 1. The molecule has 2 aliphatic heterocycles. The molecule has 16 heavy (non-hydrogen) atoms. The molecule has 2 atom stereocenters. The minimum Gasteiger partial charge on any atom is -0.396 e. The smallest absolute Gasteiger partial charge is 0.113 e. The van der Waals surface area contributed by atoms with Crippen molar-refractivity contribution in [3.63, 3.8) is 0 Å². The Bertz CT molecular complexity index is 368. The summed E-state index contributed by atoms with van der Waals surface area (Å²) in [6.45, 7) is 3.50. The van der Waals surface area contributed by atoms with Gasteiger partial charge in [-0.1, -0.05) is 0 Å². The SMILES string of the molecule is OCC1CCCn2c1cnc2C1CCNC1. The van der Waals surface area contributed by atoms with Gasteiger partial charge in [-0.3, -0.25) is 0 Å². The Balaban J connectivity index is 1.93. The second-order valence-corrected chi connectivity index (χ2v) is 4.90. The largest absolute Gasteiger partial charge is 0.396 e. The van der Waals surface area contributed by atoms with Gasteiger partial charge in [-0.05, 0) is 25.8 Å². The lowest BCUT2D eigenvalue weighted by atomic mass is 9.97. The van der Waals surface area contributed by atoms with Gasteiger partial charge in [0, 0.05) is 36.8 Å². The van der Waals surface area contributed by atoms with Crippen molar-refractivity contribution in [2.45, 2.75) is 37.6 Å². The molecule has 0 radical (unpaired) electrons. The van der Waals surface area contributed by atoms with E-state index in [0.29, 0.717) is 11.8 Å². The standard InChI is InChI=1S/C12H19N3O/c16-8-10-2-1-5-15-11(10)7-14-12(15)9-3-4-13-6-9/h7,9-10,13,16H,1-6,8H2. The van der Waals surface area contributed by atoms with Crippen LogP contribution in [0.3, 0.4) is 0 Å². The second-order valence-electron chi connectivity index (χ2n) is 4.90. The molecular weight excluding hydrogens is 202 g/mol.